The van der Waals surface area contributed by atoms with E-state index in [1.165, 1.54) is 4.88 Å². The molecule has 2 heterocycles. The normalized spacial score (nSPS) is 19.3. The van der Waals surface area contributed by atoms with Crippen LogP contribution in [0.5, 0.6) is 0 Å². The highest BCUT2D eigenvalue weighted by Crippen LogP contribution is 2.16. The lowest BCUT2D eigenvalue weighted by molar-refractivity contribution is -0.127. The summed E-state index contributed by atoms with van der Waals surface area (Å²) in [6.45, 7) is 5.37. The van der Waals surface area contributed by atoms with E-state index < -0.39 is 0 Å². The predicted octanol–water partition coefficient (Wildman–Crippen LogP) is 1.66. The Morgan fingerprint density at radius 2 is 2.33 bits per heavy atom. The summed E-state index contributed by atoms with van der Waals surface area (Å²) in [6, 6.07) is 1.88. The fourth-order valence-electron chi connectivity index (χ4n) is 2.13. The van der Waals surface area contributed by atoms with Crippen molar-refractivity contribution in [2.24, 2.45) is 0 Å². The van der Waals surface area contributed by atoms with Crippen molar-refractivity contribution in [3.63, 3.8) is 0 Å². The van der Waals surface area contributed by atoms with Crippen molar-refractivity contribution in [2.45, 2.75) is 32.7 Å². The van der Waals surface area contributed by atoms with E-state index in [4.69, 9.17) is 0 Å². The highest BCUT2D eigenvalue weighted by Gasteiger charge is 2.29. The van der Waals surface area contributed by atoms with Gasteiger partial charge in [-0.3, -0.25) is 9.59 Å². The number of likely N-dealkylation sites (tertiary alicyclic amines) is 1. The highest BCUT2D eigenvalue weighted by atomic mass is 32.1. The smallest absolute Gasteiger partial charge is 0.252 e. The van der Waals surface area contributed by atoms with Crippen LogP contribution < -0.4 is 5.32 Å². The van der Waals surface area contributed by atoms with Crippen molar-refractivity contribution >= 4 is 23.2 Å². The Balaban J connectivity index is 1.94. The summed E-state index contributed by atoms with van der Waals surface area (Å²) >= 11 is 1.60. The fourth-order valence-corrected chi connectivity index (χ4v) is 2.94. The van der Waals surface area contributed by atoms with Crippen LogP contribution in [-0.2, 0) is 11.2 Å². The number of amides is 2. The van der Waals surface area contributed by atoms with Crippen molar-refractivity contribution in [3.05, 3.63) is 21.9 Å². The lowest BCUT2D eigenvalue weighted by Gasteiger charge is -2.14. The summed E-state index contributed by atoms with van der Waals surface area (Å²) in [4.78, 5) is 26.5. The number of thiophene rings is 1. The number of nitrogens with zero attached hydrogens (tertiary/aromatic N) is 1. The lowest BCUT2D eigenvalue weighted by Crippen LogP contribution is -2.36. The quantitative estimate of drug-likeness (QED) is 0.901. The molecule has 1 saturated heterocycles. The molecule has 4 nitrogen and oxygen atoms in total. The first-order chi connectivity index (χ1) is 8.63. The van der Waals surface area contributed by atoms with Gasteiger partial charge in [0.2, 0.25) is 5.91 Å². The van der Waals surface area contributed by atoms with Gasteiger partial charge in [-0.05, 0) is 19.4 Å². The first-order valence-electron chi connectivity index (χ1n) is 6.30. The number of carbonyl (C=O) groups excluding carboxylic acids is 2. The molecule has 1 aromatic heterocycles. The monoisotopic (exact) mass is 266 g/mol. The minimum atomic E-state index is -0.0679. The maximum Gasteiger partial charge on any atom is 0.252 e. The SMILES string of the molecule is CCc1cc(C(=O)NC2CC(=O)N(CC)C2)cs1. The van der Waals surface area contributed by atoms with E-state index in [2.05, 4.69) is 12.2 Å². The molecular formula is C13H18N2O2S. The van der Waals surface area contributed by atoms with Crippen LogP contribution >= 0.6 is 11.3 Å². The van der Waals surface area contributed by atoms with Crippen LogP contribution in [0.1, 0.15) is 35.5 Å². The first kappa shape index (κ1) is 13.1. The molecule has 1 N–H and O–H groups in total. The van der Waals surface area contributed by atoms with Gasteiger partial charge in [-0.1, -0.05) is 6.92 Å². The van der Waals surface area contributed by atoms with Crippen LogP contribution in [0.2, 0.25) is 0 Å². The molecule has 2 amide bonds. The fraction of sp³-hybridized carbons (Fsp3) is 0.538. The molecule has 1 fully saturated rings. The summed E-state index contributed by atoms with van der Waals surface area (Å²) in [6.07, 6.45) is 1.37. The van der Waals surface area contributed by atoms with E-state index in [1.54, 1.807) is 16.2 Å². The zero-order valence-electron chi connectivity index (χ0n) is 10.7. The molecule has 1 aliphatic rings. The number of hydrogen-bond acceptors (Lipinski definition) is 3. The zero-order valence-corrected chi connectivity index (χ0v) is 11.5. The van der Waals surface area contributed by atoms with Crippen LogP contribution in [0.3, 0.4) is 0 Å². The third-order valence-corrected chi connectivity index (χ3v) is 4.28. The Bertz CT molecular complexity index is 456. The summed E-state index contributed by atoms with van der Waals surface area (Å²) in [7, 11) is 0. The molecule has 2 rings (SSSR count). The van der Waals surface area contributed by atoms with Gasteiger partial charge in [0.25, 0.3) is 5.91 Å². The largest absolute Gasteiger partial charge is 0.347 e. The maximum atomic E-state index is 12.0. The molecule has 5 heteroatoms. The molecule has 1 atom stereocenters. The summed E-state index contributed by atoms with van der Waals surface area (Å²) in [5.74, 6) is 0.0593. The topological polar surface area (TPSA) is 49.4 Å². The van der Waals surface area contributed by atoms with Crippen LogP contribution in [-0.4, -0.2) is 35.8 Å². The minimum absolute atomic E-state index is 0.0464. The van der Waals surface area contributed by atoms with Gasteiger partial charge in [-0.2, -0.15) is 0 Å². The molecular weight excluding hydrogens is 248 g/mol. The molecule has 0 aliphatic carbocycles. The van der Waals surface area contributed by atoms with E-state index in [-0.39, 0.29) is 17.9 Å². The Morgan fingerprint density at radius 1 is 1.56 bits per heavy atom. The summed E-state index contributed by atoms with van der Waals surface area (Å²) in [5.41, 5.74) is 0.708. The second-order valence-corrected chi connectivity index (χ2v) is 5.46. The number of likely N-dealkylation sites (N-methyl/N-ethyl adjacent to an activating group) is 1. The van der Waals surface area contributed by atoms with E-state index in [0.29, 0.717) is 25.1 Å². The van der Waals surface area contributed by atoms with E-state index in [0.717, 1.165) is 6.42 Å². The van der Waals surface area contributed by atoms with Crippen LogP contribution in [0.4, 0.5) is 0 Å². The van der Waals surface area contributed by atoms with Gasteiger partial charge in [0.1, 0.15) is 0 Å². The van der Waals surface area contributed by atoms with Gasteiger partial charge in [0.15, 0.2) is 0 Å². The van der Waals surface area contributed by atoms with E-state index in [1.807, 2.05) is 18.4 Å². The van der Waals surface area contributed by atoms with Gasteiger partial charge in [-0.15, -0.1) is 11.3 Å². The van der Waals surface area contributed by atoms with Gasteiger partial charge in [0, 0.05) is 29.8 Å². The average molecular weight is 266 g/mol. The summed E-state index contributed by atoms with van der Waals surface area (Å²) in [5, 5.41) is 4.81. The Labute approximate surface area is 111 Å². The molecule has 0 bridgehead atoms. The van der Waals surface area contributed by atoms with Gasteiger partial charge >= 0.3 is 0 Å². The maximum absolute atomic E-state index is 12.0. The molecule has 98 valence electrons. The molecule has 0 saturated carbocycles. The average Bonchev–Trinajstić information content (AvgIpc) is 2.95. The second-order valence-electron chi connectivity index (χ2n) is 4.46. The van der Waals surface area contributed by atoms with E-state index >= 15 is 0 Å². The lowest BCUT2D eigenvalue weighted by atomic mass is 10.2. The molecule has 0 aromatic carbocycles. The molecule has 18 heavy (non-hydrogen) atoms. The van der Waals surface area contributed by atoms with Crippen molar-refractivity contribution in [1.29, 1.82) is 0 Å². The zero-order chi connectivity index (χ0) is 13.1. The van der Waals surface area contributed by atoms with E-state index in [9.17, 15) is 9.59 Å². The van der Waals surface area contributed by atoms with Gasteiger partial charge < -0.3 is 10.2 Å². The Hall–Kier alpha value is -1.36. The predicted molar refractivity (Wildman–Crippen MR) is 71.8 cm³/mol. The molecule has 1 aromatic rings. The molecule has 0 radical (unpaired) electrons. The molecule has 1 unspecified atom stereocenters. The van der Waals surface area contributed by atoms with Crippen molar-refractivity contribution < 1.29 is 9.59 Å². The van der Waals surface area contributed by atoms with Crippen molar-refractivity contribution in [2.75, 3.05) is 13.1 Å². The highest BCUT2D eigenvalue weighted by molar-refractivity contribution is 7.10. The Kier molecular flexibility index (Phi) is 4.01. The van der Waals surface area contributed by atoms with Crippen LogP contribution in [0.15, 0.2) is 11.4 Å². The number of carbonyl (C=O) groups is 2. The van der Waals surface area contributed by atoms with Crippen LogP contribution in [0.25, 0.3) is 0 Å². The standard InChI is InChI=1S/C13H18N2O2S/c1-3-11-5-9(8-18-11)13(17)14-10-6-12(16)15(4-2)7-10/h5,8,10H,3-4,6-7H2,1-2H3,(H,14,17). The van der Waals surface area contributed by atoms with Gasteiger partial charge in [-0.25, -0.2) is 0 Å². The molecule has 1 aliphatic heterocycles. The first-order valence-corrected chi connectivity index (χ1v) is 7.18. The third-order valence-electron chi connectivity index (χ3n) is 3.20. The van der Waals surface area contributed by atoms with Crippen LogP contribution in [0, 0.1) is 0 Å². The number of aryl methyl sites for hydroxylation is 1. The Morgan fingerprint density at radius 3 is 2.89 bits per heavy atom. The van der Waals surface area contributed by atoms with Gasteiger partial charge in [0.05, 0.1) is 11.6 Å². The number of hydrogen-bond donors (Lipinski definition) is 1. The number of rotatable bonds is 4. The van der Waals surface area contributed by atoms with Crippen molar-refractivity contribution in [3.8, 4) is 0 Å². The second kappa shape index (κ2) is 5.52. The minimum Gasteiger partial charge on any atom is -0.347 e. The summed E-state index contributed by atoms with van der Waals surface area (Å²) < 4.78 is 0. The molecule has 0 spiro atoms. The number of nitrogens with one attached hydrogen (secondary N) is 1. The third kappa shape index (κ3) is 2.72. The van der Waals surface area contributed by atoms with Crippen molar-refractivity contribution in [1.82, 2.24) is 10.2 Å².